The van der Waals surface area contributed by atoms with E-state index in [-0.39, 0.29) is 6.54 Å². The number of nitrogens with two attached hydrogens (primary N) is 1. The van der Waals surface area contributed by atoms with E-state index in [0.717, 1.165) is 11.0 Å². The van der Waals surface area contributed by atoms with E-state index in [2.05, 4.69) is 6.58 Å². The Morgan fingerprint density at radius 1 is 1.53 bits per heavy atom. The fraction of sp³-hybridized carbons (Fsp3) is 0.167. The lowest BCUT2D eigenvalue weighted by Crippen LogP contribution is -2.40. The summed E-state index contributed by atoms with van der Waals surface area (Å²) in [6.45, 7) is 4.08. The van der Waals surface area contributed by atoms with Crippen LogP contribution < -0.4 is 10.3 Å². The van der Waals surface area contributed by atoms with Crippen LogP contribution >= 0.6 is 0 Å². The molecule has 0 spiro atoms. The maximum absolute atomic E-state index is 10.8. The van der Waals surface area contributed by atoms with E-state index < -0.39 is 5.97 Å². The van der Waals surface area contributed by atoms with Crippen LogP contribution in [-0.4, -0.2) is 15.6 Å². The van der Waals surface area contributed by atoms with Crippen molar-refractivity contribution in [2.45, 2.75) is 13.1 Å². The molecule has 0 saturated carbocycles. The Hall–Kier alpha value is -2.30. The number of aromatic nitrogens is 2. The number of imidazole rings is 1. The van der Waals surface area contributed by atoms with Crippen LogP contribution in [0.5, 0.6) is 0 Å². The first kappa shape index (κ1) is 11.2. The van der Waals surface area contributed by atoms with Crippen molar-refractivity contribution >= 4 is 23.0 Å². The summed E-state index contributed by atoms with van der Waals surface area (Å²) in [6, 6.07) is 7.52. The van der Waals surface area contributed by atoms with Gasteiger partial charge in [0.15, 0.2) is 6.54 Å². The SMILES string of the molecule is C=CCn1c(N)[n+](CC(=O)O)c2ccccc21. The highest BCUT2D eigenvalue weighted by atomic mass is 16.4. The maximum atomic E-state index is 10.8. The summed E-state index contributed by atoms with van der Waals surface area (Å²) < 4.78 is 3.42. The molecule has 0 aliphatic carbocycles. The molecular weight excluding hydrogens is 218 g/mol. The van der Waals surface area contributed by atoms with Crippen LogP contribution in [0.4, 0.5) is 5.95 Å². The van der Waals surface area contributed by atoms with Crippen molar-refractivity contribution in [2.24, 2.45) is 0 Å². The number of para-hydroxylation sites is 2. The lowest BCUT2D eigenvalue weighted by atomic mass is 10.3. The van der Waals surface area contributed by atoms with Gasteiger partial charge in [0.05, 0.1) is 6.54 Å². The molecular formula is C12H14N3O2+. The normalized spacial score (nSPS) is 10.6. The molecule has 1 heterocycles. The summed E-state index contributed by atoms with van der Waals surface area (Å²) in [6.07, 6.45) is 1.73. The number of carbonyl (C=O) groups is 1. The minimum Gasteiger partial charge on any atom is -0.479 e. The zero-order valence-electron chi connectivity index (χ0n) is 9.34. The van der Waals surface area contributed by atoms with Gasteiger partial charge in [0, 0.05) is 0 Å². The summed E-state index contributed by atoms with van der Waals surface area (Å²) >= 11 is 0. The molecule has 88 valence electrons. The minimum atomic E-state index is -0.914. The molecule has 0 fully saturated rings. The van der Waals surface area contributed by atoms with Gasteiger partial charge in [0.25, 0.3) is 0 Å². The van der Waals surface area contributed by atoms with Gasteiger partial charge in [-0.05, 0) is 12.1 Å². The third-order valence-electron chi connectivity index (χ3n) is 2.62. The average Bonchev–Trinajstić information content (AvgIpc) is 2.55. The summed E-state index contributed by atoms with van der Waals surface area (Å²) in [4.78, 5) is 10.8. The fourth-order valence-electron chi connectivity index (χ4n) is 1.94. The standard InChI is InChI=1S/C12H13N3O2/c1-2-7-14-9-5-3-4-6-10(9)15(12(14)13)8-11(16)17/h2-6,13H,1,7-8H2,(H,16,17)/p+1. The van der Waals surface area contributed by atoms with Gasteiger partial charge in [-0.1, -0.05) is 24.8 Å². The van der Waals surface area contributed by atoms with Crippen LogP contribution in [0.1, 0.15) is 0 Å². The van der Waals surface area contributed by atoms with E-state index in [4.69, 9.17) is 10.8 Å². The van der Waals surface area contributed by atoms with Crippen molar-refractivity contribution in [3.05, 3.63) is 36.9 Å². The first-order valence-electron chi connectivity index (χ1n) is 5.24. The van der Waals surface area contributed by atoms with Gasteiger partial charge in [0.2, 0.25) is 0 Å². The van der Waals surface area contributed by atoms with Gasteiger partial charge in [-0.25, -0.2) is 13.9 Å². The van der Waals surface area contributed by atoms with Crippen LogP contribution in [-0.2, 0) is 17.9 Å². The van der Waals surface area contributed by atoms with E-state index in [9.17, 15) is 4.79 Å². The number of allylic oxidation sites excluding steroid dienone is 1. The Kier molecular flexibility index (Phi) is 2.82. The number of benzene rings is 1. The molecule has 0 unspecified atom stereocenters. The van der Waals surface area contributed by atoms with Gasteiger partial charge < -0.3 is 5.11 Å². The van der Waals surface area contributed by atoms with E-state index in [1.54, 1.807) is 10.6 Å². The molecule has 0 radical (unpaired) electrons. The summed E-state index contributed by atoms with van der Waals surface area (Å²) in [5.74, 6) is -0.489. The first-order valence-corrected chi connectivity index (χ1v) is 5.24. The quantitative estimate of drug-likeness (QED) is 0.604. The van der Waals surface area contributed by atoms with E-state index >= 15 is 0 Å². The second-order valence-electron chi connectivity index (χ2n) is 3.73. The Morgan fingerprint density at radius 3 is 2.88 bits per heavy atom. The molecule has 2 rings (SSSR count). The van der Waals surface area contributed by atoms with Crippen LogP contribution in [0.2, 0.25) is 0 Å². The molecule has 0 bridgehead atoms. The third-order valence-corrected chi connectivity index (χ3v) is 2.62. The number of anilines is 1. The first-order chi connectivity index (χ1) is 8.15. The number of aliphatic carboxylic acids is 1. The van der Waals surface area contributed by atoms with Gasteiger partial charge in [-0.3, -0.25) is 5.73 Å². The second kappa shape index (κ2) is 4.29. The van der Waals surface area contributed by atoms with E-state index in [1.165, 1.54) is 0 Å². The lowest BCUT2D eigenvalue weighted by Gasteiger charge is -1.96. The number of carboxylic acids is 1. The highest BCUT2D eigenvalue weighted by Crippen LogP contribution is 2.15. The zero-order valence-corrected chi connectivity index (χ0v) is 9.34. The largest absolute Gasteiger partial charge is 0.479 e. The van der Waals surface area contributed by atoms with Gasteiger partial charge >= 0.3 is 11.9 Å². The van der Waals surface area contributed by atoms with Crippen LogP contribution in [0.3, 0.4) is 0 Å². The van der Waals surface area contributed by atoms with Crippen molar-refractivity contribution in [1.29, 1.82) is 0 Å². The highest BCUT2D eigenvalue weighted by molar-refractivity contribution is 5.75. The molecule has 5 heteroatoms. The number of fused-ring (bicyclic) bond motifs is 1. The molecule has 2 aromatic rings. The minimum absolute atomic E-state index is 0.142. The third kappa shape index (κ3) is 1.87. The Balaban J connectivity index is 2.69. The molecule has 3 N–H and O–H groups in total. The van der Waals surface area contributed by atoms with Crippen LogP contribution in [0, 0.1) is 0 Å². The Labute approximate surface area is 98.4 Å². The van der Waals surface area contributed by atoms with Gasteiger partial charge in [-0.2, -0.15) is 0 Å². The molecule has 1 aromatic carbocycles. The molecule has 0 amide bonds. The number of hydrogen-bond donors (Lipinski definition) is 2. The zero-order chi connectivity index (χ0) is 12.4. The molecule has 0 saturated heterocycles. The number of rotatable bonds is 4. The molecule has 17 heavy (non-hydrogen) atoms. The Morgan fingerprint density at radius 2 is 2.24 bits per heavy atom. The number of carboxylic acid groups (broad SMARTS) is 1. The van der Waals surface area contributed by atoms with Gasteiger partial charge in [-0.15, -0.1) is 0 Å². The maximum Gasteiger partial charge on any atom is 0.356 e. The molecule has 5 nitrogen and oxygen atoms in total. The number of hydrogen-bond acceptors (Lipinski definition) is 2. The summed E-state index contributed by atoms with van der Waals surface area (Å²) in [5, 5.41) is 8.88. The molecule has 1 aromatic heterocycles. The predicted molar refractivity (Wildman–Crippen MR) is 64.4 cm³/mol. The summed E-state index contributed by atoms with van der Waals surface area (Å²) in [5.41, 5.74) is 7.69. The van der Waals surface area contributed by atoms with E-state index in [1.807, 2.05) is 28.8 Å². The summed E-state index contributed by atoms with van der Waals surface area (Å²) in [7, 11) is 0. The number of nitrogens with zero attached hydrogens (tertiary/aromatic N) is 2. The molecule has 0 aliphatic heterocycles. The van der Waals surface area contributed by atoms with Crippen LogP contribution in [0.25, 0.3) is 11.0 Å². The smallest absolute Gasteiger partial charge is 0.356 e. The predicted octanol–water partition coefficient (Wildman–Crippen LogP) is 0.782. The molecule has 0 aliphatic rings. The fourth-order valence-corrected chi connectivity index (χ4v) is 1.94. The average molecular weight is 232 g/mol. The highest BCUT2D eigenvalue weighted by Gasteiger charge is 2.21. The topological polar surface area (TPSA) is 72.1 Å². The van der Waals surface area contributed by atoms with Crippen molar-refractivity contribution in [3.63, 3.8) is 0 Å². The van der Waals surface area contributed by atoms with Crippen LogP contribution in [0.15, 0.2) is 36.9 Å². The van der Waals surface area contributed by atoms with Crippen molar-refractivity contribution < 1.29 is 14.5 Å². The lowest BCUT2D eigenvalue weighted by molar-refractivity contribution is -0.645. The van der Waals surface area contributed by atoms with Crippen molar-refractivity contribution in [1.82, 2.24) is 4.57 Å². The van der Waals surface area contributed by atoms with Gasteiger partial charge in [0.1, 0.15) is 11.0 Å². The second-order valence-corrected chi connectivity index (χ2v) is 3.73. The monoisotopic (exact) mass is 232 g/mol. The van der Waals surface area contributed by atoms with Crippen molar-refractivity contribution in [3.8, 4) is 0 Å². The van der Waals surface area contributed by atoms with E-state index in [0.29, 0.717) is 12.5 Å². The Bertz CT molecular complexity index is 587. The molecule has 0 atom stereocenters. The number of nitrogen functional groups attached to an aromatic ring is 1. The van der Waals surface area contributed by atoms with Crippen molar-refractivity contribution in [2.75, 3.05) is 5.73 Å².